The van der Waals surface area contributed by atoms with Crippen molar-refractivity contribution in [3.05, 3.63) is 30.1 Å². The number of carbonyl (C=O) groups excluding carboxylic acids is 1. The van der Waals surface area contributed by atoms with Gasteiger partial charge in [-0.1, -0.05) is 0 Å². The van der Waals surface area contributed by atoms with E-state index in [4.69, 9.17) is 4.74 Å². The average Bonchev–Trinajstić information content (AvgIpc) is 2.87. The van der Waals surface area contributed by atoms with E-state index in [2.05, 4.69) is 4.98 Å². The molecular formula is C14H17NO2S. The summed E-state index contributed by atoms with van der Waals surface area (Å²) in [4.78, 5) is 16.4. The van der Waals surface area contributed by atoms with Crippen LogP contribution in [0.15, 0.2) is 24.5 Å². The first-order chi connectivity index (χ1) is 8.79. The second kappa shape index (κ2) is 5.02. The summed E-state index contributed by atoms with van der Waals surface area (Å²) in [6.07, 6.45) is 6.22. The summed E-state index contributed by atoms with van der Waals surface area (Å²) in [5.74, 6) is 2.60. The van der Waals surface area contributed by atoms with Gasteiger partial charge in [0.25, 0.3) is 0 Å². The van der Waals surface area contributed by atoms with E-state index in [0.717, 1.165) is 42.9 Å². The molecule has 2 atom stereocenters. The van der Waals surface area contributed by atoms with Crippen LogP contribution in [0.1, 0.15) is 29.6 Å². The van der Waals surface area contributed by atoms with Crippen molar-refractivity contribution in [3.8, 4) is 0 Å². The van der Waals surface area contributed by atoms with Gasteiger partial charge in [0.15, 0.2) is 5.78 Å². The normalized spacial score (nSPS) is 31.7. The number of ketones is 1. The smallest absolute Gasteiger partial charge is 0.166 e. The Labute approximate surface area is 111 Å². The van der Waals surface area contributed by atoms with Gasteiger partial charge in [0, 0.05) is 36.2 Å². The highest BCUT2D eigenvalue weighted by molar-refractivity contribution is 7.99. The highest BCUT2D eigenvalue weighted by Gasteiger charge is 2.42. The number of rotatable bonds is 2. The van der Waals surface area contributed by atoms with Crippen LogP contribution in [0.3, 0.4) is 0 Å². The maximum atomic E-state index is 12.4. The van der Waals surface area contributed by atoms with Crippen LogP contribution in [0, 0.1) is 5.92 Å². The van der Waals surface area contributed by atoms with Gasteiger partial charge >= 0.3 is 0 Å². The van der Waals surface area contributed by atoms with Crippen LogP contribution in [0.2, 0.25) is 0 Å². The van der Waals surface area contributed by atoms with E-state index in [1.54, 1.807) is 12.4 Å². The zero-order chi connectivity index (χ0) is 12.4. The molecule has 0 aliphatic carbocycles. The predicted molar refractivity (Wildman–Crippen MR) is 71.9 cm³/mol. The Morgan fingerprint density at radius 2 is 2.28 bits per heavy atom. The fraction of sp³-hybridized carbons (Fsp3) is 0.571. The molecule has 0 radical (unpaired) electrons. The number of aromatic nitrogens is 1. The van der Waals surface area contributed by atoms with Crippen molar-refractivity contribution in [2.24, 2.45) is 5.92 Å². The Kier molecular flexibility index (Phi) is 3.39. The van der Waals surface area contributed by atoms with E-state index in [1.807, 2.05) is 23.9 Å². The quantitative estimate of drug-likeness (QED) is 0.769. The van der Waals surface area contributed by atoms with Crippen LogP contribution in [0.5, 0.6) is 0 Å². The zero-order valence-electron chi connectivity index (χ0n) is 10.3. The molecule has 0 saturated carbocycles. The van der Waals surface area contributed by atoms with E-state index < -0.39 is 0 Å². The van der Waals surface area contributed by atoms with Crippen LogP contribution in [-0.2, 0) is 4.74 Å². The molecule has 1 aromatic rings. The first kappa shape index (κ1) is 12.2. The Bertz CT molecular complexity index is 429. The monoisotopic (exact) mass is 263 g/mol. The third kappa shape index (κ3) is 2.31. The molecule has 2 unspecified atom stereocenters. The Balaban J connectivity index is 1.74. The van der Waals surface area contributed by atoms with Crippen molar-refractivity contribution in [2.75, 3.05) is 18.1 Å². The first-order valence-corrected chi connectivity index (χ1v) is 7.61. The second-order valence-corrected chi connectivity index (χ2v) is 6.23. The fourth-order valence-corrected chi connectivity index (χ4v) is 4.24. The number of hydrogen-bond acceptors (Lipinski definition) is 4. The van der Waals surface area contributed by atoms with E-state index in [9.17, 15) is 4.79 Å². The van der Waals surface area contributed by atoms with Crippen molar-refractivity contribution in [1.29, 1.82) is 0 Å². The highest BCUT2D eigenvalue weighted by Crippen LogP contribution is 2.41. The molecule has 3 nitrogen and oxygen atoms in total. The number of hydrogen-bond donors (Lipinski definition) is 0. The molecule has 2 aliphatic rings. The minimum Gasteiger partial charge on any atom is -0.374 e. The summed E-state index contributed by atoms with van der Waals surface area (Å²) < 4.78 is 5.96. The Morgan fingerprint density at radius 1 is 1.44 bits per heavy atom. The van der Waals surface area contributed by atoms with Crippen molar-refractivity contribution >= 4 is 17.5 Å². The van der Waals surface area contributed by atoms with Gasteiger partial charge in [-0.25, -0.2) is 0 Å². The number of pyridine rings is 1. The van der Waals surface area contributed by atoms with Crippen molar-refractivity contribution < 1.29 is 9.53 Å². The van der Waals surface area contributed by atoms with Gasteiger partial charge in [-0.3, -0.25) is 9.78 Å². The molecule has 1 spiro atoms. The molecule has 0 N–H and O–H groups in total. The Hall–Kier alpha value is -0.870. The summed E-state index contributed by atoms with van der Waals surface area (Å²) in [7, 11) is 0. The maximum absolute atomic E-state index is 12.4. The number of ether oxygens (including phenoxy) is 1. The number of Topliss-reactive ketones (excluding diaryl/α,β-unsaturated/α-hetero) is 1. The van der Waals surface area contributed by atoms with Gasteiger partial charge in [-0.2, -0.15) is 11.8 Å². The van der Waals surface area contributed by atoms with E-state index in [-0.39, 0.29) is 17.3 Å². The van der Waals surface area contributed by atoms with Gasteiger partial charge in [0.2, 0.25) is 0 Å². The zero-order valence-corrected chi connectivity index (χ0v) is 11.1. The van der Waals surface area contributed by atoms with Gasteiger partial charge in [0.1, 0.15) is 0 Å². The maximum Gasteiger partial charge on any atom is 0.166 e. The number of thioether (sulfide) groups is 1. The predicted octanol–water partition coefficient (Wildman–Crippen LogP) is 2.57. The van der Waals surface area contributed by atoms with Crippen molar-refractivity contribution in [3.63, 3.8) is 0 Å². The van der Waals surface area contributed by atoms with Crippen LogP contribution < -0.4 is 0 Å². The largest absolute Gasteiger partial charge is 0.374 e. The lowest BCUT2D eigenvalue weighted by Crippen LogP contribution is -2.42. The van der Waals surface area contributed by atoms with Crippen LogP contribution in [0.25, 0.3) is 0 Å². The molecule has 2 saturated heterocycles. The topological polar surface area (TPSA) is 39.2 Å². The van der Waals surface area contributed by atoms with E-state index >= 15 is 0 Å². The minimum atomic E-state index is -0.0176. The average molecular weight is 263 g/mol. The molecule has 0 bridgehead atoms. The molecule has 3 heterocycles. The van der Waals surface area contributed by atoms with Gasteiger partial charge in [-0.15, -0.1) is 0 Å². The van der Waals surface area contributed by atoms with E-state index in [1.165, 1.54) is 0 Å². The lowest BCUT2D eigenvalue weighted by atomic mass is 9.81. The van der Waals surface area contributed by atoms with Gasteiger partial charge in [-0.05, 0) is 37.1 Å². The SMILES string of the molecule is O=C(c1ccncc1)C1CCOC2(CCSC2)C1. The van der Waals surface area contributed by atoms with Gasteiger partial charge < -0.3 is 4.74 Å². The molecule has 18 heavy (non-hydrogen) atoms. The Morgan fingerprint density at radius 3 is 3.00 bits per heavy atom. The lowest BCUT2D eigenvalue weighted by molar-refractivity contribution is -0.0734. The molecule has 3 rings (SSSR count). The molecule has 2 aliphatic heterocycles. The molecule has 2 fully saturated rings. The molecular weight excluding hydrogens is 246 g/mol. The summed E-state index contributed by atoms with van der Waals surface area (Å²) in [5, 5.41) is 0. The van der Waals surface area contributed by atoms with Crippen LogP contribution in [0.4, 0.5) is 0 Å². The molecule has 1 aromatic heterocycles. The van der Waals surface area contributed by atoms with Crippen LogP contribution >= 0.6 is 11.8 Å². The molecule has 4 heteroatoms. The third-order valence-corrected chi connectivity index (χ3v) is 5.12. The molecule has 0 amide bonds. The standard InChI is InChI=1S/C14H17NO2S/c16-13(11-1-5-15-6-2-11)12-3-7-17-14(9-12)4-8-18-10-14/h1-2,5-6,12H,3-4,7-10H2. The third-order valence-electron chi connectivity index (χ3n) is 3.90. The molecule has 96 valence electrons. The lowest BCUT2D eigenvalue weighted by Gasteiger charge is -2.37. The summed E-state index contributed by atoms with van der Waals surface area (Å²) >= 11 is 1.94. The first-order valence-electron chi connectivity index (χ1n) is 6.45. The fourth-order valence-electron chi connectivity index (χ4n) is 2.87. The summed E-state index contributed by atoms with van der Waals surface area (Å²) in [6.45, 7) is 0.724. The number of carbonyl (C=O) groups is 1. The highest BCUT2D eigenvalue weighted by atomic mass is 32.2. The summed E-state index contributed by atoms with van der Waals surface area (Å²) in [5.41, 5.74) is 0.772. The van der Waals surface area contributed by atoms with E-state index in [0.29, 0.717) is 0 Å². The van der Waals surface area contributed by atoms with Gasteiger partial charge in [0.05, 0.1) is 5.60 Å². The van der Waals surface area contributed by atoms with Crippen molar-refractivity contribution in [2.45, 2.75) is 24.9 Å². The number of nitrogens with zero attached hydrogens (tertiary/aromatic N) is 1. The summed E-state index contributed by atoms with van der Waals surface area (Å²) in [6, 6.07) is 3.63. The van der Waals surface area contributed by atoms with Crippen molar-refractivity contribution in [1.82, 2.24) is 4.98 Å². The van der Waals surface area contributed by atoms with Crippen LogP contribution in [-0.4, -0.2) is 34.5 Å². The minimum absolute atomic E-state index is 0.0176. The molecule has 0 aromatic carbocycles. The second-order valence-electron chi connectivity index (χ2n) is 5.12.